The second-order valence-corrected chi connectivity index (χ2v) is 6.48. The van der Waals surface area contributed by atoms with Gasteiger partial charge in [0.05, 0.1) is 5.02 Å². The molecule has 1 amide bonds. The summed E-state index contributed by atoms with van der Waals surface area (Å²) >= 11 is 13.3. The van der Waals surface area contributed by atoms with Crippen molar-refractivity contribution in [3.8, 4) is 10.6 Å². The maximum atomic E-state index is 12.4. The fourth-order valence-electron chi connectivity index (χ4n) is 2.01. The van der Waals surface area contributed by atoms with E-state index < -0.39 is 11.9 Å². The van der Waals surface area contributed by atoms with Gasteiger partial charge < -0.3 is 10.0 Å². The Morgan fingerprint density at radius 3 is 2.70 bits per heavy atom. The highest BCUT2D eigenvalue weighted by Gasteiger charge is 2.21. The molecule has 0 saturated carbocycles. The van der Waals surface area contributed by atoms with Crippen molar-refractivity contribution in [2.75, 3.05) is 13.1 Å². The Morgan fingerprint density at radius 1 is 1.35 bits per heavy atom. The first-order valence-corrected chi connectivity index (χ1v) is 8.48. The van der Waals surface area contributed by atoms with Gasteiger partial charge >= 0.3 is 5.97 Å². The molecule has 23 heavy (non-hydrogen) atoms. The van der Waals surface area contributed by atoms with Gasteiger partial charge in [0, 0.05) is 22.5 Å². The lowest BCUT2D eigenvalue weighted by atomic mass is 10.2. The Morgan fingerprint density at radius 2 is 2.09 bits per heavy atom. The van der Waals surface area contributed by atoms with Gasteiger partial charge in [0.15, 0.2) is 0 Å². The molecular weight excluding hydrogens is 359 g/mol. The zero-order chi connectivity index (χ0) is 17.0. The monoisotopic (exact) mass is 372 g/mol. The molecule has 2 rings (SSSR count). The normalized spacial score (nSPS) is 10.6. The lowest BCUT2D eigenvalue weighted by Crippen LogP contribution is -2.36. The second kappa shape index (κ2) is 7.77. The van der Waals surface area contributed by atoms with E-state index in [4.69, 9.17) is 28.3 Å². The molecule has 0 aliphatic carbocycles. The molecule has 0 aliphatic rings. The topological polar surface area (TPSA) is 70.5 Å². The lowest BCUT2D eigenvalue weighted by molar-refractivity contribution is -0.137. The van der Waals surface area contributed by atoms with Gasteiger partial charge in [-0.25, -0.2) is 4.98 Å². The van der Waals surface area contributed by atoms with E-state index in [1.165, 1.54) is 16.2 Å². The van der Waals surface area contributed by atoms with Crippen LogP contribution >= 0.6 is 34.5 Å². The first-order chi connectivity index (χ1) is 10.9. The van der Waals surface area contributed by atoms with Crippen molar-refractivity contribution >= 4 is 46.4 Å². The van der Waals surface area contributed by atoms with Gasteiger partial charge in [-0.3, -0.25) is 9.59 Å². The van der Waals surface area contributed by atoms with Crippen LogP contribution < -0.4 is 0 Å². The Balaban J connectivity index is 2.26. The molecule has 1 N–H and O–H groups in total. The number of aliphatic carboxylic acids is 1. The minimum Gasteiger partial charge on any atom is -0.480 e. The Labute approximate surface area is 147 Å². The third kappa shape index (κ3) is 4.43. The van der Waals surface area contributed by atoms with E-state index in [-0.39, 0.29) is 12.2 Å². The molecule has 1 aromatic heterocycles. The Kier molecular flexibility index (Phi) is 5.98. The summed E-state index contributed by atoms with van der Waals surface area (Å²) in [6.07, 6.45) is 0.666. The van der Waals surface area contributed by atoms with Crippen LogP contribution in [0.25, 0.3) is 10.6 Å². The van der Waals surface area contributed by atoms with Gasteiger partial charge in [-0.15, -0.1) is 11.3 Å². The molecule has 1 heterocycles. The number of carbonyl (C=O) groups excluding carboxylic acids is 1. The molecular formula is C15H14Cl2N2O3S. The number of hydrogen-bond acceptors (Lipinski definition) is 4. The first kappa shape index (κ1) is 17.7. The SMILES string of the molecule is CCCN(CC(=O)O)C(=O)c1csc(-c2ccc(Cl)cc2Cl)n1. The van der Waals surface area contributed by atoms with Crippen molar-refractivity contribution in [3.05, 3.63) is 39.3 Å². The fourth-order valence-corrected chi connectivity index (χ4v) is 3.39. The summed E-state index contributed by atoms with van der Waals surface area (Å²) in [5.41, 5.74) is 0.895. The first-order valence-electron chi connectivity index (χ1n) is 6.84. The van der Waals surface area contributed by atoms with Gasteiger partial charge in [0.2, 0.25) is 0 Å². The number of carboxylic acid groups (broad SMARTS) is 1. The van der Waals surface area contributed by atoms with Gasteiger partial charge in [0.1, 0.15) is 17.2 Å². The molecule has 122 valence electrons. The largest absolute Gasteiger partial charge is 0.480 e. The summed E-state index contributed by atoms with van der Waals surface area (Å²) in [6, 6.07) is 5.04. The zero-order valence-corrected chi connectivity index (χ0v) is 14.6. The predicted molar refractivity (Wildman–Crippen MR) is 91.4 cm³/mol. The van der Waals surface area contributed by atoms with E-state index in [2.05, 4.69) is 4.98 Å². The van der Waals surface area contributed by atoms with E-state index in [9.17, 15) is 9.59 Å². The highest BCUT2D eigenvalue weighted by atomic mass is 35.5. The smallest absolute Gasteiger partial charge is 0.323 e. The van der Waals surface area contributed by atoms with Crippen molar-refractivity contribution in [1.29, 1.82) is 0 Å². The van der Waals surface area contributed by atoms with Gasteiger partial charge in [-0.2, -0.15) is 0 Å². The summed E-state index contributed by atoms with van der Waals surface area (Å²) in [5, 5.41) is 12.1. The molecule has 8 heteroatoms. The van der Waals surface area contributed by atoms with Crippen molar-refractivity contribution in [2.24, 2.45) is 0 Å². The third-order valence-electron chi connectivity index (χ3n) is 2.99. The summed E-state index contributed by atoms with van der Waals surface area (Å²) in [7, 11) is 0. The highest BCUT2D eigenvalue weighted by molar-refractivity contribution is 7.13. The number of thiazole rings is 1. The number of carboxylic acids is 1. The number of aromatic nitrogens is 1. The van der Waals surface area contributed by atoms with Crippen molar-refractivity contribution in [1.82, 2.24) is 9.88 Å². The standard InChI is InChI=1S/C15H14Cl2N2O3S/c1-2-5-19(7-13(20)21)15(22)12-8-23-14(18-12)10-4-3-9(16)6-11(10)17/h3-4,6,8H,2,5,7H2,1H3,(H,20,21). The number of nitrogens with zero attached hydrogens (tertiary/aromatic N) is 2. The van der Waals surface area contributed by atoms with Crippen molar-refractivity contribution < 1.29 is 14.7 Å². The van der Waals surface area contributed by atoms with Crippen molar-refractivity contribution in [3.63, 3.8) is 0 Å². The second-order valence-electron chi connectivity index (χ2n) is 4.78. The number of halogens is 2. The number of hydrogen-bond donors (Lipinski definition) is 1. The van der Waals surface area contributed by atoms with Gasteiger partial charge in [0.25, 0.3) is 5.91 Å². The predicted octanol–water partition coefficient (Wildman–Crippen LogP) is 4.05. The van der Waals surface area contributed by atoms with Crippen LogP contribution in [0.4, 0.5) is 0 Å². The molecule has 5 nitrogen and oxygen atoms in total. The van der Waals surface area contributed by atoms with Crippen LogP contribution in [0.2, 0.25) is 10.0 Å². The Bertz CT molecular complexity index is 733. The van der Waals surface area contributed by atoms with Crippen LogP contribution in [0.1, 0.15) is 23.8 Å². The third-order valence-corrected chi connectivity index (χ3v) is 4.42. The van der Waals surface area contributed by atoms with E-state index in [0.717, 1.165) is 0 Å². The summed E-state index contributed by atoms with van der Waals surface area (Å²) in [4.78, 5) is 28.8. The van der Waals surface area contributed by atoms with E-state index in [1.54, 1.807) is 23.6 Å². The molecule has 0 bridgehead atoms. The summed E-state index contributed by atoms with van der Waals surface area (Å²) in [5.74, 6) is -1.45. The quantitative estimate of drug-likeness (QED) is 0.829. The van der Waals surface area contributed by atoms with Gasteiger partial charge in [-0.05, 0) is 24.6 Å². The van der Waals surface area contributed by atoms with E-state index in [0.29, 0.717) is 33.6 Å². The molecule has 1 aromatic carbocycles. The van der Waals surface area contributed by atoms with Crippen LogP contribution in [0, 0.1) is 0 Å². The van der Waals surface area contributed by atoms with Crippen LogP contribution in [-0.2, 0) is 4.79 Å². The average molecular weight is 373 g/mol. The molecule has 0 radical (unpaired) electrons. The van der Waals surface area contributed by atoms with E-state index >= 15 is 0 Å². The molecule has 0 unspecified atom stereocenters. The maximum absolute atomic E-state index is 12.4. The molecule has 2 aromatic rings. The van der Waals surface area contributed by atoms with Crippen LogP contribution in [-0.4, -0.2) is 40.0 Å². The molecule has 0 saturated heterocycles. The van der Waals surface area contributed by atoms with Gasteiger partial charge in [-0.1, -0.05) is 30.1 Å². The highest BCUT2D eigenvalue weighted by Crippen LogP contribution is 2.32. The number of rotatable bonds is 6. The fraction of sp³-hybridized carbons (Fsp3) is 0.267. The summed E-state index contributed by atoms with van der Waals surface area (Å²) in [6.45, 7) is 1.89. The number of carbonyl (C=O) groups is 2. The molecule has 0 aliphatic heterocycles. The molecule has 0 spiro atoms. The zero-order valence-electron chi connectivity index (χ0n) is 12.3. The number of benzene rings is 1. The average Bonchev–Trinajstić information content (AvgIpc) is 2.95. The van der Waals surface area contributed by atoms with E-state index in [1.807, 2.05) is 6.92 Å². The van der Waals surface area contributed by atoms with Crippen LogP contribution in [0.5, 0.6) is 0 Å². The lowest BCUT2D eigenvalue weighted by Gasteiger charge is -2.18. The van der Waals surface area contributed by atoms with Crippen molar-refractivity contribution in [2.45, 2.75) is 13.3 Å². The number of amides is 1. The Hall–Kier alpha value is -1.63. The molecule has 0 atom stereocenters. The van der Waals surface area contributed by atoms with Crippen LogP contribution in [0.3, 0.4) is 0 Å². The minimum atomic E-state index is -1.05. The summed E-state index contributed by atoms with van der Waals surface area (Å²) < 4.78 is 0. The van der Waals surface area contributed by atoms with Crippen LogP contribution in [0.15, 0.2) is 23.6 Å². The maximum Gasteiger partial charge on any atom is 0.323 e. The minimum absolute atomic E-state index is 0.214. The molecule has 0 fully saturated rings.